The van der Waals surface area contributed by atoms with Crippen molar-refractivity contribution in [2.24, 2.45) is 7.05 Å². The van der Waals surface area contributed by atoms with Crippen molar-refractivity contribution in [3.8, 4) is 5.75 Å². The first-order valence-corrected chi connectivity index (χ1v) is 5.85. The van der Waals surface area contributed by atoms with Gasteiger partial charge >= 0.3 is 0 Å². The van der Waals surface area contributed by atoms with E-state index < -0.39 is 0 Å². The summed E-state index contributed by atoms with van der Waals surface area (Å²) < 4.78 is 5.43. The van der Waals surface area contributed by atoms with E-state index in [0.29, 0.717) is 11.4 Å². The summed E-state index contributed by atoms with van der Waals surface area (Å²) in [6.07, 6.45) is 1.49. The topological polar surface area (TPSA) is 80.0 Å². The number of carbonyl (C=O) groups excluding carboxylic acids is 1. The van der Waals surface area contributed by atoms with Gasteiger partial charge in [0.25, 0.3) is 5.91 Å². The van der Waals surface area contributed by atoms with Crippen LogP contribution >= 0.6 is 11.5 Å². The normalized spacial score (nSPS) is 12.4. The molecule has 17 heavy (non-hydrogen) atoms. The lowest BCUT2D eigenvalue weighted by atomic mass is 10.2. The van der Waals surface area contributed by atoms with Gasteiger partial charge in [0.05, 0.1) is 12.2 Å². The van der Waals surface area contributed by atoms with Gasteiger partial charge in [0.15, 0.2) is 5.75 Å². The Morgan fingerprint density at radius 2 is 2.41 bits per heavy atom. The fraction of sp³-hybridized carbons (Fsp3) is 0.300. The molecule has 0 aliphatic carbocycles. The zero-order valence-corrected chi connectivity index (χ0v) is 10.2. The summed E-state index contributed by atoms with van der Waals surface area (Å²) in [7, 11) is 1.71. The molecule has 2 N–H and O–H groups in total. The van der Waals surface area contributed by atoms with E-state index in [9.17, 15) is 9.90 Å². The predicted molar refractivity (Wildman–Crippen MR) is 62.9 cm³/mol. The number of aromatic nitrogens is 3. The SMILES string of the molecule is CC(NC(=O)c1ccsn1)c1nn(C)cc1O. The van der Waals surface area contributed by atoms with Crippen LogP contribution in [-0.2, 0) is 7.05 Å². The van der Waals surface area contributed by atoms with Crippen molar-refractivity contribution in [1.82, 2.24) is 19.5 Å². The van der Waals surface area contributed by atoms with Crippen molar-refractivity contribution in [2.45, 2.75) is 13.0 Å². The molecule has 0 spiro atoms. The summed E-state index contributed by atoms with van der Waals surface area (Å²) in [4.78, 5) is 11.7. The minimum Gasteiger partial charge on any atom is -0.504 e. The number of nitrogens with zero attached hydrogens (tertiary/aromatic N) is 3. The molecule has 0 fully saturated rings. The van der Waals surface area contributed by atoms with Crippen molar-refractivity contribution < 1.29 is 9.90 Å². The van der Waals surface area contributed by atoms with Crippen LogP contribution in [0.1, 0.15) is 29.1 Å². The van der Waals surface area contributed by atoms with Crippen molar-refractivity contribution in [2.75, 3.05) is 0 Å². The second kappa shape index (κ2) is 4.54. The summed E-state index contributed by atoms with van der Waals surface area (Å²) in [6.45, 7) is 1.76. The van der Waals surface area contributed by atoms with Gasteiger partial charge in [-0.1, -0.05) is 0 Å². The molecular weight excluding hydrogens is 240 g/mol. The molecule has 1 unspecified atom stereocenters. The maximum atomic E-state index is 11.7. The molecule has 90 valence electrons. The van der Waals surface area contributed by atoms with Crippen LogP contribution in [0.25, 0.3) is 0 Å². The maximum Gasteiger partial charge on any atom is 0.271 e. The summed E-state index contributed by atoms with van der Waals surface area (Å²) in [5, 5.41) is 18.1. The lowest BCUT2D eigenvalue weighted by Gasteiger charge is -2.10. The van der Waals surface area contributed by atoms with E-state index >= 15 is 0 Å². The second-order valence-corrected chi connectivity index (χ2v) is 4.32. The molecule has 0 radical (unpaired) electrons. The molecule has 0 aliphatic heterocycles. The van der Waals surface area contributed by atoms with Crippen LogP contribution in [0.3, 0.4) is 0 Å². The molecule has 2 rings (SSSR count). The number of hydrogen-bond acceptors (Lipinski definition) is 5. The van der Waals surface area contributed by atoms with Gasteiger partial charge in [-0.2, -0.15) is 9.47 Å². The Balaban J connectivity index is 2.09. The van der Waals surface area contributed by atoms with E-state index in [1.54, 1.807) is 25.4 Å². The molecule has 0 saturated heterocycles. The lowest BCUT2D eigenvalue weighted by Crippen LogP contribution is -2.27. The molecular formula is C10H12N4O2S. The van der Waals surface area contributed by atoms with Gasteiger partial charge < -0.3 is 10.4 Å². The van der Waals surface area contributed by atoms with Gasteiger partial charge in [-0.3, -0.25) is 9.48 Å². The monoisotopic (exact) mass is 252 g/mol. The highest BCUT2D eigenvalue weighted by atomic mass is 32.1. The van der Waals surface area contributed by atoms with Crippen LogP contribution in [0.4, 0.5) is 0 Å². The van der Waals surface area contributed by atoms with Gasteiger partial charge in [-0.05, 0) is 24.5 Å². The Morgan fingerprint density at radius 1 is 1.65 bits per heavy atom. The summed E-state index contributed by atoms with van der Waals surface area (Å²) in [5.74, 6) is -0.206. The molecule has 2 heterocycles. The first-order chi connectivity index (χ1) is 8.08. The number of rotatable bonds is 3. The molecule has 7 heteroatoms. The second-order valence-electron chi connectivity index (χ2n) is 3.65. The number of aryl methyl sites for hydroxylation is 1. The third kappa shape index (κ3) is 2.44. The highest BCUT2D eigenvalue weighted by Gasteiger charge is 2.18. The van der Waals surface area contributed by atoms with Crippen molar-refractivity contribution in [1.29, 1.82) is 0 Å². The molecule has 2 aromatic rings. The maximum absolute atomic E-state index is 11.7. The van der Waals surface area contributed by atoms with Crippen molar-refractivity contribution >= 4 is 17.4 Å². The zero-order valence-electron chi connectivity index (χ0n) is 9.41. The molecule has 0 saturated carbocycles. The van der Waals surface area contributed by atoms with Crippen molar-refractivity contribution in [3.05, 3.63) is 29.0 Å². The standard InChI is InChI=1S/C10H12N4O2S/c1-6(9-8(15)5-14(2)12-9)11-10(16)7-3-4-17-13-7/h3-6,15H,1-2H3,(H,11,16). The Hall–Kier alpha value is -1.89. The highest BCUT2D eigenvalue weighted by molar-refractivity contribution is 7.03. The Labute approximate surface area is 102 Å². The fourth-order valence-electron chi connectivity index (χ4n) is 1.47. The third-order valence-corrected chi connectivity index (χ3v) is 2.83. The molecule has 6 nitrogen and oxygen atoms in total. The molecule has 0 aliphatic rings. The van der Waals surface area contributed by atoms with Crippen LogP contribution in [-0.4, -0.2) is 25.2 Å². The van der Waals surface area contributed by atoms with Crippen molar-refractivity contribution in [3.63, 3.8) is 0 Å². The highest BCUT2D eigenvalue weighted by Crippen LogP contribution is 2.21. The van der Waals surface area contributed by atoms with Gasteiger partial charge in [0.2, 0.25) is 0 Å². The first-order valence-electron chi connectivity index (χ1n) is 5.01. The fourth-order valence-corrected chi connectivity index (χ4v) is 1.98. The van der Waals surface area contributed by atoms with Crippen LogP contribution < -0.4 is 5.32 Å². The summed E-state index contributed by atoms with van der Waals surface area (Å²) >= 11 is 1.22. The van der Waals surface area contributed by atoms with Crippen LogP contribution in [0.5, 0.6) is 5.75 Å². The van der Waals surface area contributed by atoms with E-state index in [0.717, 1.165) is 0 Å². The minimum absolute atomic E-state index is 0.0681. The number of amides is 1. The minimum atomic E-state index is -0.370. The van der Waals surface area contributed by atoms with Gasteiger partial charge in [0, 0.05) is 12.4 Å². The Morgan fingerprint density at radius 3 is 2.94 bits per heavy atom. The van der Waals surface area contributed by atoms with E-state index in [1.807, 2.05) is 0 Å². The number of hydrogen-bond donors (Lipinski definition) is 2. The van der Waals surface area contributed by atoms with Crippen LogP contribution in [0.2, 0.25) is 0 Å². The van der Waals surface area contributed by atoms with E-state index in [-0.39, 0.29) is 17.7 Å². The lowest BCUT2D eigenvalue weighted by molar-refractivity contribution is 0.0935. The zero-order chi connectivity index (χ0) is 12.4. The number of carbonyl (C=O) groups is 1. The average molecular weight is 252 g/mol. The molecule has 1 amide bonds. The first kappa shape index (κ1) is 11.6. The van der Waals surface area contributed by atoms with Crippen LogP contribution in [0, 0.1) is 0 Å². The predicted octanol–water partition coefficient (Wildman–Crippen LogP) is 1.07. The van der Waals surface area contributed by atoms with Gasteiger partial charge in [-0.25, -0.2) is 0 Å². The van der Waals surface area contributed by atoms with Gasteiger partial charge in [-0.15, -0.1) is 0 Å². The molecule has 0 bridgehead atoms. The average Bonchev–Trinajstić information content (AvgIpc) is 2.87. The van der Waals surface area contributed by atoms with Crippen LogP contribution in [0.15, 0.2) is 17.6 Å². The van der Waals surface area contributed by atoms with E-state index in [4.69, 9.17) is 0 Å². The Kier molecular flexibility index (Phi) is 3.10. The Bertz CT molecular complexity index is 520. The molecule has 0 aromatic carbocycles. The van der Waals surface area contributed by atoms with E-state index in [1.165, 1.54) is 22.4 Å². The van der Waals surface area contributed by atoms with E-state index in [2.05, 4.69) is 14.8 Å². The number of nitrogens with one attached hydrogen (secondary N) is 1. The summed E-state index contributed by atoms with van der Waals surface area (Å²) in [5.41, 5.74) is 0.813. The molecule has 2 aromatic heterocycles. The third-order valence-electron chi connectivity index (χ3n) is 2.27. The quantitative estimate of drug-likeness (QED) is 0.856. The summed E-state index contributed by atoms with van der Waals surface area (Å²) in [6, 6.07) is 1.27. The molecule has 1 atom stereocenters. The van der Waals surface area contributed by atoms with Gasteiger partial charge in [0.1, 0.15) is 11.4 Å². The smallest absolute Gasteiger partial charge is 0.271 e. The largest absolute Gasteiger partial charge is 0.504 e. The number of aromatic hydroxyl groups is 1.